The molecule has 0 saturated carbocycles. The van der Waals surface area contributed by atoms with E-state index in [1.54, 1.807) is 16.8 Å². The number of anilines is 1. The van der Waals surface area contributed by atoms with E-state index in [0.717, 1.165) is 50.3 Å². The summed E-state index contributed by atoms with van der Waals surface area (Å²) in [7, 11) is 0. The van der Waals surface area contributed by atoms with Gasteiger partial charge in [0.05, 0.1) is 5.69 Å². The van der Waals surface area contributed by atoms with Crippen molar-refractivity contribution in [2.24, 2.45) is 5.41 Å². The average molecular weight is 403 g/mol. The van der Waals surface area contributed by atoms with Crippen LogP contribution in [0.1, 0.15) is 44.2 Å². The van der Waals surface area contributed by atoms with E-state index in [4.69, 9.17) is 5.10 Å². The second kappa shape index (κ2) is 7.66. The highest BCUT2D eigenvalue weighted by molar-refractivity contribution is 5.45. The highest BCUT2D eigenvalue weighted by Gasteiger charge is 2.35. The van der Waals surface area contributed by atoms with Gasteiger partial charge in [-0.15, -0.1) is 25.0 Å². The molecule has 1 aliphatic heterocycles. The molecule has 4 nitrogen and oxygen atoms in total. The summed E-state index contributed by atoms with van der Waals surface area (Å²) in [5.41, 5.74) is 2.05. The average Bonchev–Trinajstić information content (AvgIpc) is 2.91. The van der Waals surface area contributed by atoms with Gasteiger partial charge >= 0.3 is 6.36 Å². The zero-order valence-corrected chi connectivity index (χ0v) is 16.4. The van der Waals surface area contributed by atoms with Crippen LogP contribution in [0.4, 0.5) is 19.0 Å². The zero-order valence-electron chi connectivity index (χ0n) is 16.4. The van der Waals surface area contributed by atoms with Crippen molar-refractivity contribution >= 4 is 5.82 Å². The highest BCUT2D eigenvalue weighted by atomic mass is 19.4. The summed E-state index contributed by atoms with van der Waals surface area (Å²) in [6, 6.07) is 7.82. The number of hydrogen-bond acceptors (Lipinski definition) is 3. The minimum atomic E-state index is -4.69. The van der Waals surface area contributed by atoms with Crippen LogP contribution >= 0.6 is 0 Å². The maximum absolute atomic E-state index is 12.3. The number of piperidine rings is 1. The Morgan fingerprint density at radius 1 is 1.00 bits per heavy atom. The van der Waals surface area contributed by atoms with Crippen molar-refractivity contribution in [3.05, 3.63) is 36.0 Å². The number of aryl methyl sites for hydroxylation is 1. The molecule has 0 unspecified atom stereocenters. The predicted molar refractivity (Wildman–Crippen MR) is 105 cm³/mol. The molecule has 7 heteroatoms. The highest BCUT2D eigenvalue weighted by Crippen LogP contribution is 2.42. The third kappa shape index (κ3) is 4.52. The van der Waals surface area contributed by atoms with Crippen LogP contribution in [-0.4, -0.2) is 29.2 Å². The van der Waals surface area contributed by atoms with Crippen molar-refractivity contribution in [2.75, 3.05) is 18.0 Å². The number of halogens is 3. The Morgan fingerprint density at radius 2 is 1.62 bits per heavy atom. The van der Waals surface area contributed by atoms with E-state index < -0.39 is 6.36 Å². The Bertz CT molecular complexity index is 900. The summed E-state index contributed by atoms with van der Waals surface area (Å²) in [5.74, 6) is 7.19. The van der Waals surface area contributed by atoms with Gasteiger partial charge < -0.3 is 9.64 Å². The minimum absolute atomic E-state index is 0.236. The van der Waals surface area contributed by atoms with Gasteiger partial charge in [-0.1, -0.05) is 0 Å². The van der Waals surface area contributed by atoms with Gasteiger partial charge in [-0.2, -0.15) is 5.10 Å². The fraction of sp³-hybridized carbons (Fsp3) is 0.500. The Morgan fingerprint density at radius 3 is 2.21 bits per heavy atom. The summed E-state index contributed by atoms with van der Waals surface area (Å²) in [5, 5.41) is 4.71. The summed E-state index contributed by atoms with van der Waals surface area (Å²) < 4.78 is 42.7. The molecular formula is C22H24F3N3O. The third-order valence-electron chi connectivity index (χ3n) is 6.02. The van der Waals surface area contributed by atoms with Crippen LogP contribution in [0.3, 0.4) is 0 Å². The second-order valence-electron chi connectivity index (χ2n) is 7.94. The smallest absolute Gasteiger partial charge is 0.406 e. The van der Waals surface area contributed by atoms with Gasteiger partial charge in [0.1, 0.15) is 5.75 Å². The van der Waals surface area contributed by atoms with E-state index in [2.05, 4.69) is 21.5 Å². The summed E-state index contributed by atoms with van der Waals surface area (Å²) >= 11 is 0. The molecule has 1 aromatic heterocycles. The number of benzene rings is 1. The van der Waals surface area contributed by atoms with E-state index >= 15 is 0 Å². The minimum Gasteiger partial charge on any atom is -0.406 e. The largest absolute Gasteiger partial charge is 0.573 e. The molecule has 0 radical (unpaired) electrons. The van der Waals surface area contributed by atoms with Crippen molar-refractivity contribution in [1.82, 2.24) is 9.78 Å². The van der Waals surface area contributed by atoms with Crippen LogP contribution in [-0.2, 0) is 0 Å². The van der Waals surface area contributed by atoms with Crippen LogP contribution in [0.5, 0.6) is 5.75 Å². The first kappa shape index (κ1) is 19.7. The van der Waals surface area contributed by atoms with Gasteiger partial charge in [0, 0.05) is 37.7 Å². The summed E-state index contributed by atoms with van der Waals surface area (Å²) in [6.45, 7) is 3.88. The summed E-state index contributed by atoms with van der Waals surface area (Å²) in [6.07, 6.45) is 1.98. The quantitative estimate of drug-likeness (QED) is 0.657. The first-order chi connectivity index (χ1) is 13.8. The van der Waals surface area contributed by atoms with Crippen molar-refractivity contribution < 1.29 is 17.9 Å². The lowest BCUT2D eigenvalue weighted by Crippen LogP contribution is -2.40. The molecule has 1 aromatic carbocycles. The molecule has 154 valence electrons. The van der Waals surface area contributed by atoms with Gasteiger partial charge in [-0.05, 0) is 62.3 Å². The van der Waals surface area contributed by atoms with Crippen molar-refractivity contribution in [3.8, 4) is 23.3 Å². The summed E-state index contributed by atoms with van der Waals surface area (Å²) in [4.78, 5) is 2.31. The monoisotopic (exact) mass is 403 g/mol. The van der Waals surface area contributed by atoms with Crippen LogP contribution in [0.15, 0.2) is 30.3 Å². The van der Waals surface area contributed by atoms with E-state index in [1.165, 1.54) is 25.0 Å². The first-order valence-corrected chi connectivity index (χ1v) is 9.97. The lowest BCUT2D eigenvalue weighted by Gasteiger charge is -2.41. The van der Waals surface area contributed by atoms with Crippen LogP contribution < -0.4 is 9.64 Å². The zero-order chi connectivity index (χ0) is 20.5. The second-order valence-corrected chi connectivity index (χ2v) is 7.94. The topological polar surface area (TPSA) is 30.3 Å². The van der Waals surface area contributed by atoms with Crippen LogP contribution in [0.25, 0.3) is 5.69 Å². The molecule has 0 bridgehead atoms. The molecule has 0 amide bonds. The van der Waals surface area contributed by atoms with Crippen molar-refractivity contribution in [2.45, 2.75) is 51.8 Å². The molecule has 2 aromatic rings. The lowest BCUT2D eigenvalue weighted by molar-refractivity contribution is -0.274. The Hall–Kier alpha value is -2.62. The van der Waals surface area contributed by atoms with Crippen LogP contribution in [0.2, 0.25) is 0 Å². The molecule has 2 aliphatic rings. The number of alkyl halides is 3. The number of aromatic nitrogens is 2. The first-order valence-electron chi connectivity index (χ1n) is 9.97. The Labute approximate surface area is 168 Å². The molecule has 0 N–H and O–H groups in total. The molecular weight excluding hydrogens is 379 g/mol. The third-order valence-corrected chi connectivity index (χ3v) is 6.02. The predicted octanol–water partition coefficient (Wildman–Crippen LogP) is 5.24. The standard InChI is InChI=1S/C22H24F3N3O/c1-17-16-20(27-14-12-21(13-15-27)10-4-2-3-5-11-21)26-28(17)18-6-8-19(9-7-18)29-22(23,24)25/h6-9,16H,4-5,10-15H2,1H3. The molecule has 1 aliphatic carbocycles. The molecule has 0 atom stereocenters. The maximum atomic E-state index is 12.3. The van der Waals surface area contributed by atoms with E-state index in [0.29, 0.717) is 11.1 Å². The van der Waals surface area contributed by atoms with Crippen molar-refractivity contribution in [3.63, 3.8) is 0 Å². The van der Waals surface area contributed by atoms with E-state index in [1.807, 2.05) is 13.0 Å². The van der Waals surface area contributed by atoms with Gasteiger partial charge in [0.25, 0.3) is 0 Å². The van der Waals surface area contributed by atoms with Crippen LogP contribution in [0, 0.1) is 24.2 Å². The van der Waals surface area contributed by atoms with Gasteiger partial charge in [-0.3, -0.25) is 0 Å². The van der Waals surface area contributed by atoms with Crippen molar-refractivity contribution in [1.29, 1.82) is 0 Å². The number of nitrogens with zero attached hydrogens (tertiary/aromatic N) is 3. The maximum Gasteiger partial charge on any atom is 0.573 e. The van der Waals surface area contributed by atoms with Gasteiger partial charge in [-0.25, -0.2) is 4.68 Å². The van der Waals surface area contributed by atoms with E-state index in [9.17, 15) is 13.2 Å². The Kier molecular flexibility index (Phi) is 5.20. The molecule has 4 rings (SSSR count). The molecule has 1 saturated heterocycles. The normalized spacial score (nSPS) is 18.8. The SMILES string of the molecule is Cc1cc(N2CCC3(CCC#CCC3)CC2)nn1-c1ccc(OC(F)(F)F)cc1. The number of rotatable bonds is 3. The number of hydrogen-bond donors (Lipinski definition) is 0. The fourth-order valence-corrected chi connectivity index (χ4v) is 4.33. The molecule has 2 heterocycles. The number of ether oxygens (including phenoxy) is 1. The Balaban J connectivity index is 1.45. The van der Waals surface area contributed by atoms with E-state index in [-0.39, 0.29) is 5.75 Å². The fourth-order valence-electron chi connectivity index (χ4n) is 4.33. The molecule has 1 fully saturated rings. The lowest BCUT2D eigenvalue weighted by atomic mass is 9.72. The molecule has 29 heavy (non-hydrogen) atoms. The van der Waals surface area contributed by atoms with Gasteiger partial charge in [0.15, 0.2) is 5.82 Å². The van der Waals surface area contributed by atoms with Gasteiger partial charge in [0.2, 0.25) is 0 Å². The molecule has 1 spiro atoms.